The van der Waals surface area contributed by atoms with Gasteiger partial charge in [-0.05, 0) is 42.3 Å². The Morgan fingerprint density at radius 1 is 1.15 bits per heavy atom. The Bertz CT molecular complexity index is 1650. The van der Waals surface area contributed by atoms with Crippen LogP contribution in [0, 0.1) is 11.3 Å². The lowest BCUT2D eigenvalue weighted by Crippen LogP contribution is -2.48. The predicted octanol–water partition coefficient (Wildman–Crippen LogP) is 4.21. The van der Waals surface area contributed by atoms with Gasteiger partial charge in [0.2, 0.25) is 0 Å². The van der Waals surface area contributed by atoms with E-state index in [0.717, 1.165) is 17.0 Å². The van der Waals surface area contributed by atoms with Crippen molar-refractivity contribution in [3.8, 4) is 6.07 Å². The third-order valence-electron chi connectivity index (χ3n) is 7.29. The fourth-order valence-corrected chi connectivity index (χ4v) is 5.22. The molecule has 1 unspecified atom stereocenters. The lowest BCUT2D eigenvalue weighted by atomic mass is 9.88. The van der Waals surface area contributed by atoms with Gasteiger partial charge < -0.3 is 14.4 Å². The zero-order valence-electron chi connectivity index (χ0n) is 22.3. The Hall–Kier alpha value is -4.99. The van der Waals surface area contributed by atoms with Crippen molar-refractivity contribution in [3.63, 3.8) is 0 Å². The Labute approximate surface area is 232 Å². The number of hydrogen-bond acceptors (Lipinski definition) is 6. The maximum atomic E-state index is 13.8. The van der Waals surface area contributed by atoms with Crippen LogP contribution in [0.2, 0.25) is 0 Å². The fraction of sp³-hybridized carbons (Fsp3) is 0.286. The zero-order valence-corrected chi connectivity index (χ0v) is 22.3. The molecule has 210 valence electrons. The molecule has 2 aliphatic rings. The number of likely N-dealkylation sites (N-methyl/N-ethyl adjacent to an activating group) is 1. The van der Waals surface area contributed by atoms with Crippen LogP contribution in [0.4, 0.5) is 23.7 Å². The molecule has 3 amide bonds. The molecule has 13 heteroatoms. The summed E-state index contributed by atoms with van der Waals surface area (Å²) in [5.74, 6) is -0.248. The van der Waals surface area contributed by atoms with Crippen molar-refractivity contribution in [1.82, 2.24) is 24.6 Å². The van der Waals surface area contributed by atoms with E-state index in [4.69, 9.17) is 0 Å². The average Bonchev–Trinajstić information content (AvgIpc) is 3.53. The second kappa shape index (κ2) is 10.2. The number of nitrogens with zero attached hydrogens (tertiary/aromatic N) is 7. The van der Waals surface area contributed by atoms with E-state index in [-0.39, 0.29) is 53.3 Å². The number of benzene rings is 2. The summed E-state index contributed by atoms with van der Waals surface area (Å²) in [6.45, 7) is 0.0984. The summed E-state index contributed by atoms with van der Waals surface area (Å²) in [6, 6.07) is 9.16. The number of ketones is 1. The molecule has 0 spiro atoms. The van der Waals surface area contributed by atoms with Crippen LogP contribution in [0.3, 0.4) is 0 Å². The van der Waals surface area contributed by atoms with Gasteiger partial charge in [0.15, 0.2) is 11.6 Å². The average molecular weight is 564 g/mol. The lowest BCUT2D eigenvalue weighted by molar-refractivity contribution is -0.137. The van der Waals surface area contributed by atoms with Gasteiger partial charge >= 0.3 is 12.2 Å². The van der Waals surface area contributed by atoms with Crippen LogP contribution in [-0.4, -0.2) is 56.4 Å². The highest BCUT2D eigenvalue weighted by atomic mass is 19.4. The first-order chi connectivity index (χ1) is 19.4. The normalized spacial score (nSPS) is 17.1. The first-order valence-corrected chi connectivity index (χ1v) is 12.5. The van der Waals surface area contributed by atoms with Crippen molar-refractivity contribution in [2.24, 2.45) is 7.05 Å². The second-order valence-electron chi connectivity index (χ2n) is 9.90. The van der Waals surface area contributed by atoms with Crippen molar-refractivity contribution < 1.29 is 27.6 Å². The number of anilines is 1. The molecule has 2 heterocycles. The minimum atomic E-state index is -4.62. The number of carbonyl (C=O) groups is 3. The molecule has 0 saturated heterocycles. The number of rotatable bonds is 5. The predicted molar refractivity (Wildman–Crippen MR) is 139 cm³/mol. The summed E-state index contributed by atoms with van der Waals surface area (Å²) in [4.78, 5) is 44.5. The van der Waals surface area contributed by atoms with Gasteiger partial charge in [0.05, 0.1) is 35.5 Å². The molecule has 0 bridgehead atoms. The molecule has 10 nitrogen and oxygen atoms in total. The van der Waals surface area contributed by atoms with E-state index in [1.807, 2.05) is 6.07 Å². The quantitative estimate of drug-likeness (QED) is 0.460. The number of aromatic nitrogens is 3. The molecule has 1 atom stereocenters. The van der Waals surface area contributed by atoms with Gasteiger partial charge in [0.25, 0.3) is 5.91 Å². The van der Waals surface area contributed by atoms with Gasteiger partial charge in [0.1, 0.15) is 6.33 Å². The molecule has 2 aromatic carbocycles. The first-order valence-electron chi connectivity index (χ1n) is 12.5. The lowest BCUT2D eigenvalue weighted by Gasteiger charge is -2.41. The molecule has 1 aliphatic heterocycles. The highest BCUT2D eigenvalue weighted by molar-refractivity contribution is 6.09. The number of hydrogen-bond donors (Lipinski definition) is 0. The number of alkyl halides is 3. The van der Waals surface area contributed by atoms with Gasteiger partial charge in [-0.15, -0.1) is 10.2 Å². The van der Waals surface area contributed by atoms with Crippen LogP contribution < -0.4 is 4.90 Å². The Morgan fingerprint density at radius 3 is 2.56 bits per heavy atom. The summed E-state index contributed by atoms with van der Waals surface area (Å²) in [6.07, 6.45) is -2.93. The van der Waals surface area contributed by atoms with E-state index in [0.29, 0.717) is 11.4 Å². The van der Waals surface area contributed by atoms with E-state index in [1.54, 1.807) is 18.7 Å². The third kappa shape index (κ3) is 4.82. The van der Waals surface area contributed by atoms with E-state index >= 15 is 0 Å². The molecule has 0 fully saturated rings. The van der Waals surface area contributed by atoms with Crippen LogP contribution in [0.25, 0.3) is 0 Å². The SMILES string of the molecule is CN(Cc1nncn1C)C(=O)c1cc(C#N)ccc1C1C2=C(CCC2=O)N(c2cccc(C(F)(F)F)c2)C(=O)N1C. The van der Waals surface area contributed by atoms with Gasteiger partial charge in [-0.25, -0.2) is 4.79 Å². The molecule has 0 saturated carbocycles. The smallest absolute Gasteiger partial charge is 0.334 e. The van der Waals surface area contributed by atoms with Crippen LogP contribution in [0.15, 0.2) is 60.1 Å². The van der Waals surface area contributed by atoms with Crippen molar-refractivity contribution in [3.05, 3.63) is 88.1 Å². The van der Waals surface area contributed by atoms with Crippen molar-refractivity contribution >= 4 is 23.4 Å². The van der Waals surface area contributed by atoms with Gasteiger partial charge in [-0.3, -0.25) is 14.5 Å². The van der Waals surface area contributed by atoms with Gasteiger partial charge in [-0.1, -0.05) is 12.1 Å². The van der Waals surface area contributed by atoms with E-state index in [1.165, 1.54) is 53.5 Å². The van der Waals surface area contributed by atoms with Crippen LogP contribution >= 0.6 is 0 Å². The number of Topliss-reactive ketones (excluding diaryl/α,β-unsaturated/α-hetero) is 1. The summed E-state index contributed by atoms with van der Waals surface area (Å²) in [5, 5.41) is 17.4. The minimum Gasteiger partial charge on any atom is -0.334 e. The molecule has 0 N–H and O–H groups in total. The van der Waals surface area contributed by atoms with E-state index < -0.39 is 29.7 Å². The third-order valence-corrected chi connectivity index (χ3v) is 7.29. The number of carbonyl (C=O) groups excluding carboxylic acids is 3. The molecular weight excluding hydrogens is 539 g/mol. The van der Waals surface area contributed by atoms with E-state index in [9.17, 15) is 32.8 Å². The highest BCUT2D eigenvalue weighted by Gasteiger charge is 2.46. The summed E-state index contributed by atoms with van der Waals surface area (Å²) < 4.78 is 42.0. The Balaban J connectivity index is 1.62. The highest BCUT2D eigenvalue weighted by Crippen LogP contribution is 2.46. The van der Waals surface area contributed by atoms with Crippen molar-refractivity contribution in [2.45, 2.75) is 31.6 Å². The van der Waals surface area contributed by atoms with E-state index in [2.05, 4.69) is 10.2 Å². The first kappa shape index (κ1) is 27.6. The standard InChI is InChI=1S/C28H24F3N7O3/c1-35(14-23-34-33-15-36(23)2)26(40)20-11-16(13-32)7-8-19(20)25-24-21(9-10-22(24)39)38(27(41)37(25)3)18-6-4-5-17(12-18)28(29,30)31/h4-8,11-12,15,25H,9-10,14H2,1-3H3. The topological polar surface area (TPSA) is 115 Å². The summed E-state index contributed by atoms with van der Waals surface area (Å²) in [7, 11) is 4.71. The summed E-state index contributed by atoms with van der Waals surface area (Å²) in [5.41, 5.74) is 0.198. The van der Waals surface area contributed by atoms with Gasteiger partial charge in [0, 0.05) is 44.4 Å². The number of halogens is 3. The number of amides is 3. The number of allylic oxidation sites excluding steroid dienone is 1. The maximum Gasteiger partial charge on any atom is 0.416 e. The summed E-state index contributed by atoms with van der Waals surface area (Å²) >= 11 is 0. The second-order valence-corrected chi connectivity index (χ2v) is 9.90. The fourth-order valence-electron chi connectivity index (χ4n) is 5.22. The molecule has 1 aliphatic carbocycles. The number of urea groups is 1. The minimum absolute atomic E-state index is 0.0168. The Kier molecular flexibility index (Phi) is 6.86. The molecule has 1 aromatic heterocycles. The molecule has 5 rings (SSSR count). The molecule has 0 radical (unpaired) electrons. The van der Waals surface area contributed by atoms with Crippen molar-refractivity contribution in [2.75, 3.05) is 19.0 Å². The number of nitriles is 1. The molecular formula is C28H24F3N7O3. The molecule has 3 aromatic rings. The zero-order chi connectivity index (χ0) is 29.6. The van der Waals surface area contributed by atoms with Crippen LogP contribution in [0.5, 0.6) is 0 Å². The largest absolute Gasteiger partial charge is 0.416 e. The molecule has 41 heavy (non-hydrogen) atoms. The van der Waals surface area contributed by atoms with Gasteiger partial charge in [-0.2, -0.15) is 18.4 Å². The monoisotopic (exact) mass is 563 g/mol. The number of aryl methyl sites for hydroxylation is 1. The maximum absolute atomic E-state index is 13.8. The van der Waals surface area contributed by atoms with Crippen molar-refractivity contribution in [1.29, 1.82) is 5.26 Å². The Morgan fingerprint density at radius 2 is 1.90 bits per heavy atom. The van der Waals surface area contributed by atoms with Crippen LogP contribution in [0.1, 0.15) is 51.8 Å². The van der Waals surface area contributed by atoms with Crippen LogP contribution in [-0.2, 0) is 24.6 Å².